The largest absolute Gasteiger partial charge is 0.414 e. The first-order valence-corrected chi connectivity index (χ1v) is 18.5. The molecule has 1 amide bonds. The predicted molar refractivity (Wildman–Crippen MR) is 160 cm³/mol. The highest BCUT2D eigenvalue weighted by Gasteiger charge is 2.39. The SMILES string of the molecule is CC(C)OP(=O)(Cl)/C=C/CC(CCn1cnc2c(NC(=O)c3ccccc3)ncnc21)O[Si](C)(C)C(C)(C)C. The molecule has 0 saturated heterocycles. The van der Waals surface area contributed by atoms with E-state index in [0.717, 1.165) is 0 Å². The van der Waals surface area contributed by atoms with Crippen LogP contribution < -0.4 is 5.32 Å². The number of nitrogens with zero attached hydrogens (tertiary/aromatic N) is 4. The van der Waals surface area contributed by atoms with E-state index in [1.807, 2.05) is 10.6 Å². The number of aromatic nitrogens is 4. The standard InChI is InChI=1S/C27H39ClN5O4PSi/c1-20(2)36-38(28,35)17-11-14-22(37-39(6,7)27(3,4)5)15-16-33-19-31-23-24(29-18-30-25(23)33)32-26(34)21-12-9-8-10-13-21/h8-13,17-20,22H,14-16H2,1-7H3,(H,29,30,32,34)/b17-11+. The molecule has 2 atom stereocenters. The molecule has 2 aromatic heterocycles. The van der Waals surface area contributed by atoms with Crippen LogP contribution in [0.15, 0.2) is 54.9 Å². The highest BCUT2D eigenvalue weighted by molar-refractivity contribution is 7.87. The van der Waals surface area contributed by atoms with Crippen LogP contribution in [-0.2, 0) is 20.1 Å². The lowest BCUT2D eigenvalue weighted by molar-refractivity contribution is 0.102. The number of amides is 1. The minimum absolute atomic E-state index is 0.0261. The van der Waals surface area contributed by atoms with Crippen molar-refractivity contribution >= 4 is 49.2 Å². The average Bonchev–Trinajstić information content (AvgIpc) is 3.25. The molecular weight excluding hydrogens is 553 g/mol. The van der Waals surface area contributed by atoms with Gasteiger partial charge in [0.05, 0.1) is 18.5 Å². The summed E-state index contributed by atoms with van der Waals surface area (Å²) in [4.78, 5) is 25.8. The monoisotopic (exact) mass is 591 g/mol. The summed E-state index contributed by atoms with van der Waals surface area (Å²) in [5, 5.41) is 2.86. The normalized spacial score (nSPS) is 15.1. The van der Waals surface area contributed by atoms with Gasteiger partial charge in [-0.2, -0.15) is 0 Å². The summed E-state index contributed by atoms with van der Waals surface area (Å²) in [7, 11) is -2.09. The maximum Gasteiger partial charge on any atom is 0.312 e. The number of anilines is 1. The van der Waals surface area contributed by atoms with Gasteiger partial charge in [0.25, 0.3) is 5.91 Å². The minimum atomic E-state index is -3.35. The van der Waals surface area contributed by atoms with E-state index in [9.17, 15) is 9.36 Å². The number of hydrogen-bond acceptors (Lipinski definition) is 7. The fourth-order valence-electron chi connectivity index (χ4n) is 3.67. The van der Waals surface area contributed by atoms with Crippen molar-refractivity contribution in [2.24, 2.45) is 0 Å². The summed E-state index contributed by atoms with van der Waals surface area (Å²) in [5.41, 5.74) is 1.66. The number of benzene rings is 1. The summed E-state index contributed by atoms with van der Waals surface area (Å²) in [5.74, 6) is 1.54. The second-order valence-corrected chi connectivity index (χ2v) is 19.0. The third-order valence-corrected chi connectivity index (χ3v) is 13.1. The molecule has 0 spiro atoms. The van der Waals surface area contributed by atoms with E-state index in [0.29, 0.717) is 41.9 Å². The maximum absolute atomic E-state index is 12.7. The second-order valence-electron chi connectivity index (χ2n) is 11.2. The Hall–Kier alpha value is -2.36. The molecular formula is C27H39ClN5O4PSi. The van der Waals surface area contributed by atoms with Crippen LogP contribution in [0, 0.1) is 0 Å². The number of carbonyl (C=O) groups excluding carboxylic acids is 1. The second kappa shape index (κ2) is 12.9. The lowest BCUT2D eigenvalue weighted by atomic mass is 10.2. The van der Waals surface area contributed by atoms with Gasteiger partial charge in [-0.15, -0.1) is 0 Å². The molecule has 39 heavy (non-hydrogen) atoms. The van der Waals surface area contributed by atoms with Gasteiger partial charge >= 0.3 is 6.72 Å². The number of imidazole rings is 1. The lowest BCUT2D eigenvalue weighted by Gasteiger charge is -2.39. The third kappa shape index (κ3) is 8.81. The molecule has 0 aliphatic rings. The number of aryl methyl sites for hydroxylation is 1. The van der Waals surface area contributed by atoms with Crippen LogP contribution in [0.4, 0.5) is 5.82 Å². The Labute approximate surface area is 236 Å². The molecule has 0 saturated carbocycles. The highest BCUT2D eigenvalue weighted by atomic mass is 35.7. The molecule has 12 heteroatoms. The zero-order chi connectivity index (χ0) is 28.8. The van der Waals surface area contributed by atoms with Crippen molar-refractivity contribution in [1.29, 1.82) is 0 Å². The van der Waals surface area contributed by atoms with E-state index >= 15 is 0 Å². The van der Waals surface area contributed by atoms with Crippen molar-refractivity contribution in [2.45, 2.75) is 84.3 Å². The Balaban J connectivity index is 1.77. The molecule has 1 aromatic carbocycles. The van der Waals surface area contributed by atoms with Gasteiger partial charge in [0, 0.05) is 17.9 Å². The van der Waals surface area contributed by atoms with Gasteiger partial charge in [-0.05, 0) is 68.2 Å². The molecule has 0 radical (unpaired) electrons. The fraction of sp³-hybridized carbons (Fsp3) is 0.481. The number of rotatable bonds is 12. The van der Waals surface area contributed by atoms with Crippen molar-refractivity contribution in [3.05, 3.63) is 60.4 Å². The van der Waals surface area contributed by atoms with Crippen molar-refractivity contribution in [1.82, 2.24) is 19.5 Å². The van der Waals surface area contributed by atoms with Gasteiger partial charge in [-0.1, -0.05) is 45.0 Å². The maximum atomic E-state index is 12.7. The summed E-state index contributed by atoms with van der Waals surface area (Å²) in [6.45, 7) is 11.8. The van der Waals surface area contributed by atoms with Crippen LogP contribution in [0.5, 0.6) is 0 Å². The lowest BCUT2D eigenvalue weighted by Crippen LogP contribution is -2.44. The molecule has 0 aliphatic heterocycles. The summed E-state index contributed by atoms with van der Waals surface area (Å²) < 4.78 is 26.5. The van der Waals surface area contributed by atoms with E-state index in [2.05, 4.69) is 54.1 Å². The van der Waals surface area contributed by atoms with E-state index in [1.54, 1.807) is 50.5 Å². The molecule has 2 heterocycles. The number of nitrogens with one attached hydrogen (secondary N) is 1. The summed E-state index contributed by atoms with van der Waals surface area (Å²) in [6, 6.07) is 8.94. The number of hydrogen-bond donors (Lipinski definition) is 1. The van der Waals surface area contributed by atoms with Crippen molar-refractivity contribution in [3.8, 4) is 0 Å². The minimum Gasteiger partial charge on any atom is -0.414 e. The van der Waals surface area contributed by atoms with Gasteiger partial charge in [0.1, 0.15) is 6.33 Å². The van der Waals surface area contributed by atoms with Crippen LogP contribution in [0.3, 0.4) is 0 Å². The number of fused-ring (bicyclic) bond motifs is 1. The Kier molecular flexibility index (Phi) is 10.3. The quantitative estimate of drug-likeness (QED) is 0.170. The summed E-state index contributed by atoms with van der Waals surface area (Å²) >= 11 is 6.09. The third-order valence-electron chi connectivity index (χ3n) is 6.67. The topological polar surface area (TPSA) is 108 Å². The highest BCUT2D eigenvalue weighted by Crippen LogP contribution is 2.55. The van der Waals surface area contributed by atoms with E-state index in [1.165, 1.54) is 12.1 Å². The van der Waals surface area contributed by atoms with Gasteiger partial charge in [0.15, 0.2) is 25.3 Å². The zero-order valence-corrected chi connectivity index (χ0v) is 26.4. The van der Waals surface area contributed by atoms with Crippen LogP contribution in [0.25, 0.3) is 11.2 Å². The molecule has 0 aliphatic carbocycles. The van der Waals surface area contributed by atoms with Crippen LogP contribution in [0.1, 0.15) is 57.8 Å². The van der Waals surface area contributed by atoms with Crippen LogP contribution in [-0.4, -0.2) is 46.0 Å². The molecule has 0 bridgehead atoms. The molecule has 0 fully saturated rings. The molecule has 9 nitrogen and oxygen atoms in total. The van der Waals surface area contributed by atoms with Crippen LogP contribution in [0.2, 0.25) is 18.1 Å². The summed E-state index contributed by atoms with van der Waals surface area (Å²) in [6.07, 6.45) is 5.71. The van der Waals surface area contributed by atoms with E-state index < -0.39 is 15.0 Å². The first-order chi connectivity index (χ1) is 18.2. The molecule has 3 aromatic rings. The first kappa shape index (κ1) is 31.2. The molecule has 212 valence electrons. The molecule has 3 rings (SSSR count). The Morgan fingerprint density at radius 3 is 2.51 bits per heavy atom. The van der Waals surface area contributed by atoms with E-state index in [-0.39, 0.29) is 23.2 Å². The van der Waals surface area contributed by atoms with E-state index in [4.69, 9.17) is 20.2 Å². The zero-order valence-electron chi connectivity index (χ0n) is 23.7. The Morgan fingerprint density at radius 1 is 1.18 bits per heavy atom. The fourth-order valence-corrected chi connectivity index (χ4v) is 6.80. The number of carbonyl (C=O) groups is 1. The Bertz CT molecular complexity index is 1340. The first-order valence-electron chi connectivity index (χ1n) is 13.0. The average molecular weight is 592 g/mol. The van der Waals surface area contributed by atoms with Crippen LogP contribution >= 0.6 is 18.0 Å². The number of halogens is 1. The predicted octanol–water partition coefficient (Wildman–Crippen LogP) is 7.62. The van der Waals surface area contributed by atoms with Gasteiger partial charge < -0.3 is 18.8 Å². The van der Waals surface area contributed by atoms with Crippen molar-refractivity contribution in [3.63, 3.8) is 0 Å². The molecule has 1 N–H and O–H groups in total. The van der Waals surface area contributed by atoms with Gasteiger partial charge in [0.2, 0.25) is 0 Å². The smallest absolute Gasteiger partial charge is 0.312 e. The van der Waals surface area contributed by atoms with Crippen molar-refractivity contribution < 1.29 is 18.3 Å². The van der Waals surface area contributed by atoms with Gasteiger partial charge in [-0.25, -0.2) is 15.0 Å². The van der Waals surface area contributed by atoms with Crippen molar-refractivity contribution in [2.75, 3.05) is 5.32 Å². The Morgan fingerprint density at radius 2 is 1.87 bits per heavy atom. The van der Waals surface area contributed by atoms with Gasteiger partial charge in [-0.3, -0.25) is 9.36 Å². The molecule has 2 unspecified atom stereocenters.